The molecule has 3 aromatic rings. The van der Waals surface area contributed by atoms with Crippen LogP contribution < -0.4 is 5.36 Å². The van der Waals surface area contributed by atoms with E-state index in [-0.39, 0.29) is 10.7 Å². The van der Waals surface area contributed by atoms with E-state index in [2.05, 4.69) is 25.3 Å². The summed E-state index contributed by atoms with van der Waals surface area (Å²) >= 11 is 7.68. The molecule has 21 heavy (non-hydrogen) atoms. The van der Waals surface area contributed by atoms with Crippen molar-refractivity contribution in [3.63, 3.8) is 0 Å². The van der Waals surface area contributed by atoms with Crippen LogP contribution in [0.5, 0.6) is 0 Å². The second-order valence-corrected chi connectivity index (χ2v) is 6.55. The Labute approximate surface area is 135 Å². The summed E-state index contributed by atoms with van der Waals surface area (Å²) < 4.78 is 35.9. The molecule has 1 aromatic carbocycles. The van der Waals surface area contributed by atoms with Crippen molar-refractivity contribution < 1.29 is 13.4 Å². The van der Waals surface area contributed by atoms with Crippen LogP contribution in [-0.4, -0.2) is 15.8 Å². The summed E-state index contributed by atoms with van der Waals surface area (Å²) in [6, 6.07) is 6.63. The van der Waals surface area contributed by atoms with Crippen LogP contribution >= 0.6 is 27.5 Å². The molecule has 0 aliphatic heterocycles. The van der Waals surface area contributed by atoms with Gasteiger partial charge in [0.1, 0.15) is 22.3 Å². The molecule has 0 spiro atoms. The van der Waals surface area contributed by atoms with Crippen molar-refractivity contribution in [1.29, 1.82) is 0 Å². The summed E-state index contributed by atoms with van der Waals surface area (Å²) in [4.78, 5) is 3.52. The molecule has 0 N–H and O–H groups in total. The fourth-order valence-corrected chi connectivity index (χ4v) is 3.00. The van der Waals surface area contributed by atoms with Crippen LogP contribution in [0.25, 0.3) is 21.9 Å². The van der Waals surface area contributed by atoms with Crippen LogP contribution in [0.15, 0.2) is 37.6 Å². The molecule has 0 aliphatic carbocycles. The van der Waals surface area contributed by atoms with E-state index in [9.17, 15) is 8.94 Å². The van der Waals surface area contributed by atoms with Gasteiger partial charge in [-0.2, -0.15) is 4.39 Å². The third kappa shape index (κ3) is 2.78. The lowest BCUT2D eigenvalue weighted by Crippen LogP contribution is -2.10. The SMILES string of the molecule is C[S+]([O-])N=c1c2cc(Br)ccc2oc2c(F)nc(Cl)cc12. The maximum Gasteiger partial charge on any atom is 0.258 e. The molecule has 3 rings (SSSR count). The first-order chi connectivity index (χ1) is 9.95. The third-order valence-corrected chi connectivity index (χ3v) is 3.91. The molecule has 108 valence electrons. The van der Waals surface area contributed by atoms with E-state index in [1.165, 1.54) is 12.3 Å². The number of halogens is 3. The largest absolute Gasteiger partial charge is 0.591 e. The zero-order chi connectivity index (χ0) is 15.1. The molecule has 8 heteroatoms. The Morgan fingerprint density at radius 3 is 2.86 bits per heavy atom. The highest BCUT2D eigenvalue weighted by Crippen LogP contribution is 2.24. The van der Waals surface area contributed by atoms with Gasteiger partial charge in [0.15, 0.2) is 5.58 Å². The van der Waals surface area contributed by atoms with Crippen LogP contribution in [0.3, 0.4) is 0 Å². The molecule has 0 amide bonds. The van der Waals surface area contributed by atoms with E-state index in [1.807, 2.05) is 0 Å². The van der Waals surface area contributed by atoms with Crippen molar-refractivity contribution in [2.24, 2.45) is 4.40 Å². The molecule has 2 aromatic heterocycles. The van der Waals surface area contributed by atoms with E-state index in [1.54, 1.807) is 18.2 Å². The van der Waals surface area contributed by atoms with Crippen molar-refractivity contribution in [3.05, 3.63) is 45.2 Å². The molecule has 4 nitrogen and oxygen atoms in total. The minimum absolute atomic E-state index is 0.0251. The number of nitrogens with zero attached hydrogens (tertiary/aromatic N) is 2. The number of benzene rings is 1. The van der Waals surface area contributed by atoms with Crippen LogP contribution in [-0.2, 0) is 11.4 Å². The Morgan fingerprint density at radius 1 is 1.38 bits per heavy atom. The topological polar surface area (TPSA) is 61.5 Å². The van der Waals surface area contributed by atoms with Crippen LogP contribution in [0.2, 0.25) is 5.15 Å². The lowest BCUT2D eigenvalue weighted by atomic mass is 10.1. The predicted octanol–water partition coefficient (Wildman–Crippen LogP) is 3.73. The minimum Gasteiger partial charge on any atom is -0.591 e. The van der Waals surface area contributed by atoms with Crippen molar-refractivity contribution in [1.82, 2.24) is 4.98 Å². The van der Waals surface area contributed by atoms with Gasteiger partial charge >= 0.3 is 0 Å². The first kappa shape index (κ1) is 14.8. The molecule has 0 saturated heterocycles. The van der Waals surface area contributed by atoms with Gasteiger partial charge < -0.3 is 8.97 Å². The maximum absolute atomic E-state index is 14.0. The fraction of sp³-hybridized carbons (Fsp3) is 0.0769. The second kappa shape index (κ2) is 5.57. The van der Waals surface area contributed by atoms with E-state index in [0.717, 1.165) is 4.47 Å². The summed E-state index contributed by atoms with van der Waals surface area (Å²) in [5.41, 5.74) is 0.344. The van der Waals surface area contributed by atoms with E-state index in [4.69, 9.17) is 16.0 Å². The molecule has 0 bridgehead atoms. The summed E-state index contributed by atoms with van der Waals surface area (Å²) in [5, 5.41) is 1.27. The van der Waals surface area contributed by atoms with Crippen molar-refractivity contribution in [2.75, 3.05) is 6.26 Å². The van der Waals surface area contributed by atoms with Crippen molar-refractivity contribution >= 4 is 60.8 Å². The Balaban J connectivity index is 2.62. The standard InChI is InChI=1S/C13H7BrClFN2O2S/c1-21(19)18-11-7-4-6(14)2-3-9(7)20-12-8(11)5-10(15)17-13(12)16/h2-5H,1H3. The van der Waals surface area contributed by atoms with Crippen molar-refractivity contribution in [2.45, 2.75) is 0 Å². The third-order valence-electron chi connectivity index (χ3n) is 2.78. The average Bonchev–Trinajstić information content (AvgIpc) is 2.39. The Morgan fingerprint density at radius 2 is 2.14 bits per heavy atom. The van der Waals surface area contributed by atoms with Gasteiger partial charge in [0.05, 0.1) is 16.7 Å². The average molecular weight is 390 g/mol. The lowest BCUT2D eigenvalue weighted by Gasteiger charge is -2.05. The predicted molar refractivity (Wildman–Crippen MR) is 83.8 cm³/mol. The summed E-state index contributed by atoms with van der Waals surface area (Å²) in [6.07, 6.45) is 1.43. The smallest absolute Gasteiger partial charge is 0.258 e. The number of hydrogen-bond donors (Lipinski definition) is 0. The van der Waals surface area contributed by atoms with Gasteiger partial charge in [0.2, 0.25) is 0 Å². The zero-order valence-corrected chi connectivity index (χ0v) is 13.7. The quantitative estimate of drug-likeness (QED) is 0.362. The monoisotopic (exact) mass is 388 g/mol. The Kier molecular flexibility index (Phi) is 3.92. The van der Waals surface area contributed by atoms with Gasteiger partial charge in [0, 0.05) is 9.86 Å². The number of aromatic nitrogens is 1. The molecule has 0 radical (unpaired) electrons. The minimum atomic E-state index is -1.47. The van der Waals surface area contributed by atoms with Gasteiger partial charge in [-0.15, -0.1) is 0 Å². The van der Waals surface area contributed by atoms with Gasteiger partial charge in [-0.25, -0.2) is 4.98 Å². The van der Waals surface area contributed by atoms with Crippen LogP contribution in [0.4, 0.5) is 4.39 Å². The highest BCUT2D eigenvalue weighted by molar-refractivity contribution is 9.10. The molecular weight excluding hydrogens is 383 g/mol. The molecule has 1 unspecified atom stereocenters. The van der Waals surface area contributed by atoms with Crippen LogP contribution in [0.1, 0.15) is 0 Å². The summed E-state index contributed by atoms with van der Waals surface area (Å²) in [7, 11) is 0. The van der Waals surface area contributed by atoms with Gasteiger partial charge in [-0.3, -0.25) is 0 Å². The Hall–Kier alpha value is -1.15. The Bertz CT molecular complexity index is 929. The molecular formula is C13H7BrClFN2O2S. The van der Waals surface area contributed by atoms with Crippen molar-refractivity contribution in [3.8, 4) is 0 Å². The normalized spacial score (nSPS) is 14.0. The summed E-state index contributed by atoms with van der Waals surface area (Å²) in [6.45, 7) is 0. The molecule has 0 aliphatic rings. The number of hydrogen-bond acceptors (Lipinski definition) is 4. The van der Waals surface area contributed by atoms with E-state index >= 15 is 0 Å². The van der Waals surface area contributed by atoms with Gasteiger partial charge in [0.25, 0.3) is 5.95 Å². The number of rotatable bonds is 1. The molecule has 2 heterocycles. The zero-order valence-electron chi connectivity index (χ0n) is 10.6. The highest BCUT2D eigenvalue weighted by atomic mass is 79.9. The fourth-order valence-electron chi connectivity index (χ4n) is 2.00. The molecule has 0 fully saturated rings. The maximum atomic E-state index is 14.0. The van der Waals surface area contributed by atoms with Gasteiger partial charge in [-0.1, -0.05) is 31.9 Å². The highest BCUT2D eigenvalue weighted by Gasteiger charge is 2.14. The van der Waals surface area contributed by atoms with E-state index in [0.29, 0.717) is 21.7 Å². The van der Waals surface area contributed by atoms with Gasteiger partial charge in [-0.05, 0) is 24.3 Å². The lowest BCUT2D eigenvalue weighted by molar-refractivity contribution is 0.549. The summed E-state index contributed by atoms with van der Waals surface area (Å²) in [5.74, 6) is -0.833. The first-order valence-corrected chi connectivity index (χ1v) is 8.40. The number of fused-ring (bicyclic) bond motifs is 2. The number of pyridine rings is 1. The molecule has 1 atom stereocenters. The second-order valence-electron chi connectivity index (χ2n) is 4.22. The van der Waals surface area contributed by atoms with E-state index < -0.39 is 17.3 Å². The first-order valence-electron chi connectivity index (χ1n) is 5.72. The molecule has 0 saturated carbocycles. The van der Waals surface area contributed by atoms with Crippen LogP contribution in [0, 0.1) is 5.95 Å².